The number of thiophene rings is 1. The first-order chi connectivity index (χ1) is 16.1. The fourth-order valence-electron chi connectivity index (χ4n) is 2.34. The third-order valence-electron chi connectivity index (χ3n) is 3.79. The molecule has 0 unspecified atom stereocenters. The summed E-state index contributed by atoms with van der Waals surface area (Å²) in [6.07, 6.45) is 2.44. The van der Waals surface area contributed by atoms with E-state index >= 15 is 0 Å². The summed E-state index contributed by atoms with van der Waals surface area (Å²) in [5, 5.41) is 1.08. The number of hydrogen-bond acceptors (Lipinski definition) is 4. The van der Waals surface area contributed by atoms with Crippen molar-refractivity contribution in [1.82, 2.24) is 4.98 Å². The molecule has 0 aliphatic carbocycles. The van der Waals surface area contributed by atoms with E-state index in [2.05, 4.69) is 103 Å². The summed E-state index contributed by atoms with van der Waals surface area (Å²) in [4.78, 5) is 5.82. The van der Waals surface area contributed by atoms with Crippen LogP contribution in [0.1, 0.15) is 19.8 Å². The Morgan fingerprint density at radius 3 is 2.09 bits per heavy atom. The molecule has 164 valence electrons. The molecule has 0 saturated heterocycles. The Balaban J connectivity index is 0.000000382. The van der Waals surface area contributed by atoms with Gasteiger partial charge in [-0.15, -0.1) is 28.8 Å². The molecule has 0 fully saturated rings. The van der Waals surface area contributed by atoms with Crippen molar-refractivity contribution in [3.05, 3.63) is 115 Å². The van der Waals surface area contributed by atoms with Gasteiger partial charge in [0.15, 0.2) is 0 Å². The first-order valence-corrected chi connectivity index (χ1v) is 11.9. The third kappa shape index (κ3) is 9.91. The highest BCUT2D eigenvalue weighted by molar-refractivity contribution is 8.01. The van der Waals surface area contributed by atoms with Gasteiger partial charge in [-0.05, 0) is 66.1 Å². The van der Waals surface area contributed by atoms with Gasteiger partial charge in [0.05, 0.1) is 15.6 Å². The molecule has 0 saturated carbocycles. The summed E-state index contributed by atoms with van der Waals surface area (Å²) in [7, 11) is 0. The van der Waals surface area contributed by atoms with Crippen molar-refractivity contribution in [2.75, 3.05) is 11.5 Å². The molecule has 2 N–H and O–H groups in total. The number of benzene rings is 1. The van der Waals surface area contributed by atoms with Crippen LogP contribution >= 0.6 is 23.1 Å². The molecule has 2 nitrogen and oxygen atoms in total. The van der Waals surface area contributed by atoms with E-state index in [0.717, 1.165) is 32.9 Å². The molecule has 0 aliphatic rings. The van der Waals surface area contributed by atoms with E-state index in [0.29, 0.717) is 0 Å². The molecule has 3 rings (SSSR count). The molecule has 0 atom stereocenters. The Morgan fingerprint density at radius 2 is 1.52 bits per heavy atom. The van der Waals surface area contributed by atoms with Crippen molar-refractivity contribution in [3.8, 4) is 11.3 Å². The average Bonchev–Trinajstić information content (AvgIpc) is 3.15. The number of nitrogen functional groups attached to an aromatic ring is 1. The standard InChI is InChI=1S/C17H18N2S2.C9H4.C3H4/c1-2-3-11-20-17-15(18)13-9-10-14(19-16(13)21-17)12-7-5-4-6-8-12;1-3-5-7-9-8-6-4-2;1-3-2/h4-10H,2-3,11,18H2,1H3;1-2H2;1-2H2. The number of anilines is 1. The van der Waals surface area contributed by atoms with Crippen molar-refractivity contribution in [2.45, 2.75) is 24.0 Å². The van der Waals surface area contributed by atoms with Crippen LogP contribution in [0.25, 0.3) is 21.5 Å². The molecule has 0 spiro atoms. The minimum atomic E-state index is 0.892. The SMILES string of the molecule is C=C=C.C=C=C=C=C=C=C=C=C.CCCCSc1sc2nc(-c3ccccc3)ccc2c1N. The molecule has 4 heteroatoms. The summed E-state index contributed by atoms with van der Waals surface area (Å²) in [6.45, 7) is 15.0. The minimum Gasteiger partial charge on any atom is -0.397 e. The maximum atomic E-state index is 6.26. The number of nitrogens with two attached hydrogens (primary N) is 1. The normalized spacial score (nSPS) is 8.27. The first kappa shape index (κ1) is 27.2. The molecule has 0 amide bonds. The number of unbranched alkanes of at least 4 members (excludes halogenated alkanes) is 1. The van der Waals surface area contributed by atoms with Crippen LogP contribution in [0.5, 0.6) is 0 Å². The van der Waals surface area contributed by atoms with Crippen LogP contribution in [0.2, 0.25) is 0 Å². The fraction of sp³-hybridized carbons (Fsp3) is 0.138. The van der Waals surface area contributed by atoms with Crippen molar-refractivity contribution in [2.24, 2.45) is 0 Å². The van der Waals surface area contributed by atoms with Crippen LogP contribution in [-0.4, -0.2) is 10.7 Å². The van der Waals surface area contributed by atoms with Crippen LogP contribution in [0.3, 0.4) is 0 Å². The number of fused-ring (bicyclic) bond motifs is 1. The van der Waals surface area contributed by atoms with Gasteiger partial charge in [-0.3, -0.25) is 0 Å². The van der Waals surface area contributed by atoms with Crippen molar-refractivity contribution < 1.29 is 0 Å². The molecule has 33 heavy (non-hydrogen) atoms. The van der Waals surface area contributed by atoms with Gasteiger partial charge in [0.25, 0.3) is 0 Å². The maximum Gasteiger partial charge on any atom is 0.127 e. The number of nitrogens with zero attached hydrogens (tertiary/aromatic N) is 1. The van der Waals surface area contributed by atoms with Gasteiger partial charge in [0.1, 0.15) is 4.83 Å². The van der Waals surface area contributed by atoms with E-state index in [1.807, 2.05) is 30.0 Å². The molecule has 0 bridgehead atoms. The van der Waals surface area contributed by atoms with Crippen molar-refractivity contribution in [1.29, 1.82) is 0 Å². The van der Waals surface area contributed by atoms with E-state index in [9.17, 15) is 0 Å². The van der Waals surface area contributed by atoms with Gasteiger partial charge in [0, 0.05) is 10.9 Å². The largest absolute Gasteiger partial charge is 0.397 e. The lowest BCUT2D eigenvalue weighted by Gasteiger charge is -2.00. The van der Waals surface area contributed by atoms with Crippen molar-refractivity contribution in [3.63, 3.8) is 0 Å². The Kier molecular flexibility index (Phi) is 13.9. The molecule has 1 aromatic carbocycles. The monoisotopic (exact) mass is 466 g/mol. The average molecular weight is 467 g/mol. The smallest absolute Gasteiger partial charge is 0.127 e. The summed E-state index contributed by atoms with van der Waals surface area (Å²) < 4.78 is 1.20. The summed E-state index contributed by atoms with van der Waals surface area (Å²) in [6, 6.07) is 14.4. The molecular formula is C29H26N2S2. The van der Waals surface area contributed by atoms with Crippen LogP contribution in [0, 0.1) is 0 Å². The van der Waals surface area contributed by atoms with Gasteiger partial charge >= 0.3 is 0 Å². The quantitative estimate of drug-likeness (QED) is 0.233. The van der Waals surface area contributed by atoms with Gasteiger partial charge < -0.3 is 5.73 Å². The van der Waals surface area contributed by atoms with Crippen LogP contribution < -0.4 is 5.73 Å². The molecule has 0 aliphatic heterocycles. The van der Waals surface area contributed by atoms with Crippen LogP contribution in [0.4, 0.5) is 5.69 Å². The highest BCUT2D eigenvalue weighted by atomic mass is 32.2. The van der Waals surface area contributed by atoms with E-state index in [1.165, 1.54) is 17.1 Å². The number of thioether (sulfide) groups is 1. The second-order valence-corrected chi connectivity index (χ2v) is 8.51. The zero-order valence-corrected chi connectivity index (χ0v) is 20.5. The second-order valence-electron chi connectivity index (χ2n) is 6.15. The van der Waals surface area contributed by atoms with Gasteiger partial charge in [-0.1, -0.05) is 68.3 Å². The molecule has 2 aromatic heterocycles. The Bertz CT molecular complexity index is 1300. The van der Waals surface area contributed by atoms with E-state index < -0.39 is 0 Å². The second kappa shape index (κ2) is 16.8. The fourth-order valence-corrected chi connectivity index (χ4v) is 4.78. The van der Waals surface area contributed by atoms with Crippen LogP contribution in [0.15, 0.2) is 119 Å². The van der Waals surface area contributed by atoms with Gasteiger partial charge in [-0.25, -0.2) is 4.98 Å². The first-order valence-electron chi connectivity index (χ1n) is 10.1. The molecule has 2 heterocycles. The Morgan fingerprint density at radius 1 is 0.909 bits per heavy atom. The minimum absolute atomic E-state index is 0.892. The van der Waals surface area contributed by atoms with Crippen molar-refractivity contribution >= 4 is 39.0 Å². The number of aromatic nitrogens is 1. The lowest BCUT2D eigenvalue weighted by molar-refractivity contribution is 0.897. The van der Waals surface area contributed by atoms with E-state index in [4.69, 9.17) is 10.7 Å². The predicted octanol–water partition coefficient (Wildman–Crippen LogP) is 8.28. The van der Waals surface area contributed by atoms with Gasteiger partial charge in [0.2, 0.25) is 0 Å². The highest BCUT2D eigenvalue weighted by Crippen LogP contribution is 2.40. The number of pyridine rings is 1. The molecule has 0 radical (unpaired) electrons. The molecule has 3 aromatic rings. The highest BCUT2D eigenvalue weighted by Gasteiger charge is 2.11. The summed E-state index contributed by atoms with van der Waals surface area (Å²) in [5.74, 6) is 1.12. The van der Waals surface area contributed by atoms with Crippen LogP contribution in [-0.2, 0) is 0 Å². The van der Waals surface area contributed by atoms with E-state index in [-0.39, 0.29) is 0 Å². The number of hydrogen-bond donors (Lipinski definition) is 1. The lowest BCUT2D eigenvalue weighted by Crippen LogP contribution is -1.86. The zero-order chi connectivity index (χ0) is 24.3. The maximum absolute atomic E-state index is 6.26. The summed E-state index contributed by atoms with van der Waals surface area (Å²) >= 11 is 3.56. The van der Waals surface area contributed by atoms with E-state index in [1.54, 1.807) is 11.3 Å². The summed E-state index contributed by atoms with van der Waals surface area (Å²) in [5.41, 5.74) is 28.5. The predicted molar refractivity (Wildman–Crippen MR) is 146 cm³/mol. The Labute approximate surface area is 204 Å². The number of rotatable bonds is 5. The third-order valence-corrected chi connectivity index (χ3v) is 6.28. The molecular weight excluding hydrogens is 440 g/mol. The van der Waals surface area contributed by atoms with Gasteiger partial charge in [-0.2, -0.15) is 0 Å². The zero-order valence-electron chi connectivity index (χ0n) is 18.8. The lowest BCUT2D eigenvalue weighted by atomic mass is 10.1. The topological polar surface area (TPSA) is 38.9 Å². The Hall–Kier alpha value is -3.80.